The van der Waals surface area contributed by atoms with E-state index in [-0.39, 0.29) is 19.1 Å². The van der Waals surface area contributed by atoms with E-state index < -0.39 is 0 Å². The summed E-state index contributed by atoms with van der Waals surface area (Å²) in [5, 5.41) is 11.4. The number of aliphatic hydroxyl groups excluding tert-OH is 1. The Kier molecular flexibility index (Phi) is 7.63. The van der Waals surface area contributed by atoms with Gasteiger partial charge in [0.2, 0.25) is 5.91 Å². The maximum atomic E-state index is 11.0. The molecule has 0 aliphatic carbocycles. The van der Waals surface area contributed by atoms with E-state index >= 15 is 0 Å². The first-order chi connectivity index (χ1) is 6.24. The van der Waals surface area contributed by atoms with Crippen molar-refractivity contribution in [2.24, 2.45) is 5.92 Å². The van der Waals surface area contributed by atoms with Gasteiger partial charge in [-0.2, -0.15) is 0 Å². The molecule has 0 saturated carbocycles. The first-order valence-corrected chi connectivity index (χ1v) is 4.61. The van der Waals surface area contributed by atoms with E-state index in [0.717, 1.165) is 12.8 Å². The van der Waals surface area contributed by atoms with Crippen LogP contribution in [0, 0.1) is 5.92 Å². The van der Waals surface area contributed by atoms with Crippen LogP contribution in [0.3, 0.4) is 0 Å². The number of nitrogens with one attached hydrogen (secondary N) is 1. The molecule has 78 valence electrons. The van der Waals surface area contributed by atoms with Gasteiger partial charge in [-0.3, -0.25) is 4.79 Å². The van der Waals surface area contributed by atoms with E-state index in [1.807, 2.05) is 6.92 Å². The molecular formula is C9H19NO3. The zero-order valence-electron chi connectivity index (χ0n) is 8.38. The molecule has 0 spiro atoms. The zero-order chi connectivity index (χ0) is 10.1. The van der Waals surface area contributed by atoms with Gasteiger partial charge in [-0.05, 0) is 12.3 Å². The van der Waals surface area contributed by atoms with Crippen LogP contribution in [-0.4, -0.2) is 37.9 Å². The summed E-state index contributed by atoms with van der Waals surface area (Å²) in [6.45, 7) is 2.95. The second-order valence-corrected chi connectivity index (χ2v) is 3.02. The van der Waals surface area contributed by atoms with Gasteiger partial charge in [0.05, 0.1) is 0 Å². The first-order valence-electron chi connectivity index (χ1n) is 4.61. The van der Waals surface area contributed by atoms with Crippen LogP contribution in [0.25, 0.3) is 0 Å². The molecule has 1 atom stereocenters. The molecule has 13 heavy (non-hydrogen) atoms. The average molecular weight is 189 g/mol. The van der Waals surface area contributed by atoms with Gasteiger partial charge < -0.3 is 15.2 Å². The van der Waals surface area contributed by atoms with Crippen molar-refractivity contribution < 1.29 is 14.6 Å². The molecule has 0 aromatic rings. The van der Waals surface area contributed by atoms with Gasteiger partial charge >= 0.3 is 0 Å². The Labute approximate surface area is 79.3 Å². The van der Waals surface area contributed by atoms with Crippen LogP contribution in [0.15, 0.2) is 0 Å². The summed E-state index contributed by atoms with van der Waals surface area (Å²) >= 11 is 0. The number of hydrogen-bond donors (Lipinski definition) is 2. The lowest BCUT2D eigenvalue weighted by Gasteiger charge is -2.13. The minimum atomic E-state index is -0.0983. The summed E-state index contributed by atoms with van der Waals surface area (Å²) in [5.74, 6) is 0.268. The monoisotopic (exact) mass is 189 g/mol. The minimum Gasteiger partial charge on any atom is -0.396 e. The molecule has 0 fully saturated rings. The third-order valence-corrected chi connectivity index (χ3v) is 1.98. The number of carbonyl (C=O) groups excluding carboxylic acids is 1. The standard InChI is InChI=1S/C9H19NO3/c1-3-8(4-5-11)6-10-9(12)7-13-2/h8,11H,3-7H2,1-2H3,(H,10,12). The predicted octanol–water partition coefficient (Wildman–Crippen LogP) is 0.158. The number of amides is 1. The van der Waals surface area contributed by atoms with Gasteiger partial charge in [0.1, 0.15) is 6.61 Å². The lowest BCUT2D eigenvalue weighted by atomic mass is 10.0. The van der Waals surface area contributed by atoms with E-state index in [1.165, 1.54) is 7.11 Å². The van der Waals surface area contributed by atoms with Crippen molar-refractivity contribution in [1.82, 2.24) is 5.32 Å². The summed E-state index contributed by atoms with van der Waals surface area (Å²) in [4.78, 5) is 11.0. The SMILES string of the molecule is CCC(CCO)CNC(=O)COC. The molecule has 4 heteroatoms. The highest BCUT2D eigenvalue weighted by Gasteiger charge is 2.07. The highest BCUT2D eigenvalue weighted by Crippen LogP contribution is 2.05. The van der Waals surface area contributed by atoms with Crippen molar-refractivity contribution >= 4 is 5.91 Å². The molecule has 0 bridgehead atoms. The Hall–Kier alpha value is -0.610. The molecule has 1 amide bonds. The largest absolute Gasteiger partial charge is 0.396 e. The fraction of sp³-hybridized carbons (Fsp3) is 0.889. The van der Waals surface area contributed by atoms with Crippen LogP contribution in [0.5, 0.6) is 0 Å². The first kappa shape index (κ1) is 12.4. The van der Waals surface area contributed by atoms with E-state index in [9.17, 15) is 4.79 Å². The highest BCUT2D eigenvalue weighted by atomic mass is 16.5. The molecule has 0 aromatic heterocycles. The lowest BCUT2D eigenvalue weighted by Crippen LogP contribution is -2.32. The number of hydrogen-bond acceptors (Lipinski definition) is 3. The third kappa shape index (κ3) is 6.54. The second kappa shape index (κ2) is 8.01. The van der Waals surface area contributed by atoms with Crippen molar-refractivity contribution in [2.45, 2.75) is 19.8 Å². The van der Waals surface area contributed by atoms with Gasteiger partial charge in [-0.15, -0.1) is 0 Å². The Bertz CT molecular complexity index is 139. The molecule has 0 aromatic carbocycles. The predicted molar refractivity (Wildman–Crippen MR) is 50.4 cm³/mol. The lowest BCUT2D eigenvalue weighted by molar-refractivity contribution is -0.124. The van der Waals surface area contributed by atoms with Crippen molar-refractivity contribution in [3.8, 4) is 0 Å². The number of carbonyl (C=O) groups is 1. The zero-order valence-corrected chi connectivity index (χ0v) is 8.38. The third-order valence-electron chi connectivity index (χ3n) is 1.98. The molecule has 0 saturated heterocycles. The van der Waals surface area contributed by atoms with E-state index in [1.54, 1.807) is 0 Å². The fourth-order valence-electron chi connectivity index (χ4n) is 1.07. The van der Waals surface area contributed by atoms with Crippen LogP contribution >= 0.6 is 0 Å². The molecule has 2 N–H and O–H groups in total. The quantitative estimate of drug-likeness (QED) is 0.599. The Morgan fingerprint density at radius 2 is 2.31 bits per heavy atom. The van der Waals surface area contributed by atoms with Crippen molar-refractivity contribution in [3.63, 3.8) is 0 Å². The minimum absolute atomic E-state index is 0.0983. The normalized spacial score (nSPS) is 12.5. The van der Waals surface area contributed by atoms with Crippen LogP contribution < -0.4 is 5.32 Å². The average Bonchev–Trinajstić information content (AvgIpc) is 2.12. The number of rotatable bonds is 7. The molecular weight excluding hydrogens is 170 g/mol. The summed E-state index contributed by atoms with van der Waals surface area (Å²) in [7, 11) is 1.49. The topological polar surface area (TPSA) is 58.6 Å². The molecule has 0 aliphatic heterocycles. The number of aliphatic hydroxyl groups is 1. The highest BCUT2D eigenvalue weighted by molar-refractivity contribution is 5.77. The summed E-state index contributed by atoms with van der Waals surface area (Å²) < 4.78 is 4.67. The Balaban J connectivity index is 3.52. The Morgan fingerprint density at radius 3 is 2.77 bits per heavy atom. The number of methoxy groups -OCH3 is 1. The molecule has 0 heterocycles. The summed E-state index contributed by atoms with van der Waals surface area (Å²) in [6.07, 6.45) is 1.71. The van der Waals surface area contributed by atoms with Crippen LogP contribution in [0.2, 0.25) is 0 Å². The smallest absolute Gasteiger partial charge is 0.245 e. The van der Waals surface area contributed by atoms with Gasteiger partial charge in [0.15, 0.2) is 0 Å². The number of ether oxygens (including phenoxy) is 1. The van der Waals surface area contributed by atoms with E-state index in [4.69, 9.17) is 5.11 Å². The van der Waals surface area contributed by atoms with Crippen LogP contribution in [-0.2, 0) is 9.53 Å². The molecule has 0 aliphatic rings. The van der Waals surface area contributed by atoms with Crippen LogP contribution in [0.4, 0.5) is 0 Å². The van der Waals surface area contributed by atoms with Gasteiger partial charge in [0, 0.05) is 20.3 Å². The van der Waals surface area contributed by atoms with Crippen molar-refractivity contribution in [1.29, 1.82) is 0 Å². The fourth-order valence-corrected chi connectivity index (χ4v) is 1.07. The molecule has 0 rings (SSSR count). The van der Waals surface area contributed by atoms with E-state index in [2.05, 4.69) is 10.1 Å². The van der Waals surface area contributed by atoms with E-state index in [0.29, 0.717) is 12.5 Å². The Morgan fingerprint density at radius 1 is 1.62 bits per heavy atom. The molecule has 4 nitrogen and oxygen atoms in total. The van der Waals surface area contributed by atoms with Crippen LogP contribution in [0.1, 0.15) is 19.8 Å². The van der Waals surface area contributed by atoms with Crippen molar-refractivity contribution in [2.75, 3.05) is 26.9 Å². The molecule has 1 unspecified atom stereocenters. The maximum absolute atomic E-state index is 11.0. The van der Waals surface area contributed by atoms with Gasteiger partial charge in [-0.25, -0.2) is 0 Å². The van der Waals surface area contributed by atoms with Gasteiger partial charge in [-0.1, -0.05) is 13.3 Å². The summed E-state index contributed by atoms with van der Waals surface area (Å²) in [5.41, 5.74) is 0. The summed E-state index contributed by atoms with van der Waals surface area (Å²) in [6, 6.07) is 0. The molecule has 0 radical (unpaired) electrons. The van der Waals surface area contributed by atoms with Gasteiger partial charge in [0.25, 0.3) is 0 Å². The maximum Gasteiger partial charge on any atom is 0.245 e. The second-order valence-electron chi connectivity index (χ2n) is 3.02. The van der Waals surface area contributed by atoms with Crippen molar-refractivity contribution in [3.05, 3.63) is 0 Å².